The zero-order valence-corrected chi connectivity index (χ0v) is 13.5. The topological polar surface area (TPSA) is 150 Å². The molecule has 124 valence electrons. The van der Waals surface area contributed by atoms with Gasteiger partial charge in [-0.3, -0.25) is 14.7 Å². The van der Waals surface area contributed by atoms with Gasteiger partial charge in [0.25, 0.3) is 5.69 Å². The second-order valence-electron chi connectivity index (χ2n) is 5.44. The molecule has 1 saturated heterocycles. The first-order chi connectivity index (χ1) is 10.8. The zero-order valence-electron chi connectivity index (χ0n) is 12.0. The fourth-order valence-electron chi connectivity index (χ4n) is 2.77. The van der Waals surface area contributed by atoms with Crippen LogP contribution >= 0.6 is 15.9 Å². The number of nitrogens with zero attached hydrogens (tertiary/aromatic N) is 4. The van der Waals surface area contributed by atoms with Gasteiger partial charge >= 0.3 is 0 Å². The smallest absolute Gasteiger partial charge is 0.300 e. The Hall–Kier alpha value is -1.82. The molecule has 0 radical (unpaired) electrons. The third kappa shape index (κ3) is 2.27. The molecule has 4 N–H and O–H groups in total. The molecule has 3 rings (SSSR count). The standard InChI is InChI=1S/C12H14BrN5O5/c1-12(13)8(20)6(3-19)23-11(12)17-2-5(18(21)22)7-9(14)15-4-16-10(7)17/h2,4,6,8,11,19-20H,3H2,1H3,(H2,14,15,16)/t6-,8-,11-,12-/m1/s1. The minimum absolute atomic E-state index is 0.0195. The molecular weight excluding hydrogens is 374 g/mol. The molecule has 0 saturated carbocycles. The molecule has 23 heavy (non-hydrogen) atoms. The van der Waals surface area contributed by atoms with Crippen LogP contribution in [0.5, 0.6) is 0 Å². The molecule has 0 aliphatic carbocycles. The lowest BCUT2D eigenvalue weighted by molar-refractivity contribution is -0.383. The van der Waals surface area contributed by atoms with E-state index in [2.05, 4.69) is 25.9 Å². The summed E-state index contributed by atoms with van der Waals surface area (Å²) in [5.41, 5.74) is 5.70. The number of ether oxygens (including phenoxy) is 1. The van der Waals surface area contributed by atoms with Gasteiger partial charge in [-0.25, -0.2) is 9.97 Å². The number of halogens is 1. The number of hydrogen-bond acceptors (Lipinski definition) is 8. The summed E-state index contributed by atoms with van der Waals surface area (Å²) in [7, 11) is 0. The molecule has 11 heteroatoms. The van der Waals surface area contributed by atoms with Crippen LogP contribution < -0.4 is 5.73 Å². The Balaban J connectivity index is 2.21. The number of nitrogens with two attached hydrogens (primary N) is 1. The summed E-state index contributed by atoms with van der Waals surface area (Å²) in [5, 5.41) is 31.0. The number of aromatic nitrogens is 3. The number of nitrogen functional groups attached to an aromatic ring is 1. The van der Waals surface area contributed by atoms with E-state index in [0.717, 1.165) is 0 Å². The molecule has 0 aromatic carbocycles. The molecule has 10 nitrogen and oxygen atoms in total. The molecule has 1 aliphatic heterocycles. The Labute approximate surface area is 138 Å². The van der Waals surface area contributed by atoms with Crippen LogP contribution in [0.2, 0.25) is 0 Å². The van der Waals surface area contributed by atoms with E-state index in [-0.39, 0.29) is 22.5 Å². The molecule has 1 fully saturated rings. The quantitative estimate of drug-likeness (QED) is 0.387. The summed E-state index contributed by atoms with van der Waals surface area (Å²) in [4.78, 5) is 18.5. The Morgan fingerprint density at radius 3 is 2.87 bits per heavy atom. The monoisotopic (exact) mass is 387 g/mol. The first-order valence-corrected chi connectivity index (χ1v) is 7.47. The zero-order chi connectivity index (χ0) is 16.9. The van der Waals surface area contributed by atoms with Crippen molar-refractivity contribution in [1.82, 2.24) is 14.5 Å². The van der Waals surface area contributed by atoms with Gasteiger partial charge in [-0.1, -0.05) is 15.9 Å². The maximum Gasteiger partial charge on any atom is 0.300 e. The van der Waals surface area contributed by atoms with Gasteiger partial charge < -0.3 is 20.7 Å². The number of alkyl halides is 1. The maximum absolute atomic E-state index is 11.3. The SMILES string of the molecule is C[C@@]1(Br)[C@H](O)[C@@H](CO)O[C@H]1n1cc([N+](=O)[O-])c2c(N)ncnc21. The van der Waals surface area contributed by atoms with Gasteiger partial charge in [0.2, 0.25) is 0 Å². The van der Waals surface area contributed by atoms with Gasteiger partial charge in [-0.2, -0.15) is 0 Å². The van der Waals surface area contributed by atoms with Gasteiger partial charge in [0, 0.05) is 0 Å². The molecule has 3 heterocycles. The summed E-state index contributed by atoms with van der Waals surface area (Å²) in [5.74, 6) is -0.0195. The van der Waals surface area contributed by atoms with Crippen molar-refractivity contribution in [2.75, 3.05) is 12.3 Å². The van der Waals surface area contributed by atoms with Gasteiger partial charge in [0.1, 0.15) is 29.7 Å². The van der Waals surface area contributed by atoms with Gasteiger partial charge in [-0.15, -0.1) is 0 Å². The highest BCUT2D eigenvalue weighted by atomic mass is 79.9. The van der Waals surface area contributed by atoms with E-state index in [1.54, 1.807) is 6.92 Å². The fraction of sp³-hybridized carbons (Fsp3) is 0.500. The average molecular weight is 388 g/mol. The van der Waals surface area contributed by atoms with Crippen LogP contribution in [0.15, 0.2) is 12.5 Å². The van der Waals surface area contributed by atoms with Crippen molar-refractivity contribution < 1.29 is 19.9 Å². The van der Waals surface area contributed by atoms with Crippen LogP contribution in [-0.2, 0) is 4.74 Å². The lowest BCUT2D eigenvalue weighted by Crippen LogP contribution is -2.39. The molecule has 0 amide bonds. The van der Waals surface area contributed by atoms with E-state index in [4.69, 9.17) is 10.5 Å². The van der Waals surface area contributed by atoms with Gasteiger partial charge in [0.05, 0.1) is 22.1 Å². The largest absolute Gasteiger partial charge is 0.394 e. The highest BCUT2D eigenvalue weighted by Gasteiger charge is 2.53. The first kappa shape index (κ1) is 16.1. The van der Waals surface area contributed by atoms with E-state index in [1.807, 2.05) is 0 Å². The van der Waals surface area contributed by atoms with E-state index >= 15 is 0 Å². The van der Waals surface area contributed by atoms with Crippen molar-refractivity contribution in [3.63, 3.8) is 0 Å². The Kier molecular flexibility index (Phi) is 3.75. The van der Waals surface area contributed by atoms with E-state index in [0.29, 0.717) is 0 Å². The summed E-state index contributed by atoms with van der Waals surface area (Å²) in [6.07, 6.45) is -0.251. The van der Waals surface area contributed by atoms with Crippen LogP contribution in [0.4, 0.5) is 11.5 Å². The summed E-state index contributed by atoms with van der Waals surface area (Å²) in [6.45, 7) is 1.28. The Morgan fingerprint density at radius 1 is 1.61 bits per heavy atom. The molecule has 0 unspecified atom stereocenters. The van der Waals surface area contributed by atoms with Crippen molar-refractivity contribution in [1.29, 1.82) is 0 Å². The van der Waals surface area contributed by atoms with Crippen molar-refractivity contribution in [3.05, 3.63) is 22.6 Å². The van der Waals surface area contributed by atoms with Crippen LogP contribution in [-0.4, -0.2) is 52.8 Å². The summed E-state index contributed by atoms with van der Waals surface area (Å²) in [6, 6.07) is 0. The Morgan fingerprint density at radius 2 is 2.30 bits per heavy atom. The lowest BCUT2D eigenvalue weighted by atomic mass is 10.0. The number of fused-ring (bicyclic) bond motifs is 1. The Bertz CT molecular complexity index is 779. The molecule has 0 spiro atoms. The molecule has 1 aliphatic rings. The molecule has 0 bridgehead atoms. The van der Waals surface area contributed by atoms with Crippen LogP contribution in [0.1, 0.15) is 13.2 Å². The predicted octanol–water partition coefficient (Wildman–Crippen LogP) is 0.326. The third-order valence-electron chi connectivity index (χ3n) is 3.96. The molecular formula is C12H14BrN5O5. The minimum atomic E-state index is -1.02. The second kappa shape index (κ2) is 5.37. The van der Waals surface area contributed by atoms with Crippen LogP contribution in [0.3, 0.4) is 0 Å². The number of rotatable bonds is 3. The number of nitro groups is 1. The summed E-state index contributed by atoms with van der Waals surface area (Å²) < 4.78 is 6.09. The fourth-order valence-corrected chi connectivity index (χ4v) is 3.39. The molecule has 2 aromatic heterocycles. The highest BCUT2D eigenvalue weighted by Crippen LogP contribution is 2.46. The van der Waals surface area contributed by atoms with Crippen molar-refractivity contribution in [2.24, 2.45) is 0 Å². The number of hydrogen-bond donors (Lipinski definition) is 3. The second-order valence-corrected chi connectivity index (χ2v) is 7.15. The van der Waals surface area contributed by atoms with E-state index in [9.17, 15) is 20.3 Å². The summed E-state index contributed by atoms with van der Waals surface area (Å²) >= 11 is 3.39. The van der Waals surface area contributed by atoms with E-state index < -0.39 is 34.3 Å². The lowest BCUT2D eigenvalue weighted by Gasteiger charge is -2.26. The minimum Gasteiger partial charge on any atom is -0.394 e. The van der Waals surface area contributed by atoms with Crippen molar-refractivity contribution in [3.8, 4) is 0 Å². The third-order valence-corrected chi connectivity index (χ3v) is 4.83. The van der Waals surface area contributed by atoms with Gasteiger partial charge in [-0.05, 0) is 6.92 Å². The predicted molar refractivity (Wildman–Crippen MR) is 82.9 cm³/mol. The maximum atomic E-state index is 11.3. The van der Waals surface area contributed by atoms with Crippen LogP contribution in [0, 0.1) is 10.1 Å². The molecule has 2 aromatic rings. The first-order valence-electron chi connectivity index (χ1n) is 6.67. The van der Waals surface area contributed by atoms with E-state index in [1.165, 1.54) is 17.1 Å². The van der Waals surface area contributed by atoms with Crippen molar-refractivity contribution in [2.45, 2.75) is 29.7 Å². The average Bonchev–Trinajstić information content (AvgIpc) is 2.97. The number of aliphatic hydroxyl groups is 2. The number of aliphatic hydroxyl groups excluding tert-OH is 2. The van der Waals surface area contributed by atoms with Crippen molar-refractivity contribution >= 4 is 38.5 Å². The normalized spacial score (nSPS) is 30.9. The highest BCUT2D eigenvalue weighted by molar-refractivity contribution is 9.10. The van der Waals surface area contributed by atoms with Gasteiger partial charge in [0.15, 0.2) is 11.9 Å². The number of anilines is 1. The molecule has 4 atom stereocenters. The van der Waals surface area contributed by atoms with Crippen LogP contribution in [0.25, 0.3) is 11.0 Å².